The molecule has 3 atom stereocenters. The number of hydrazine groups is 1. The highest BCUT2D eigenvalue weighted by Crippen LogP contribution is 2.32. The van der Waals surface area contributed by atoms with Crippen molar-refractivity contribution < 1.29 is 33.4 Å². The zero-order valence-corrected chi connectivity index (χ0v) is 22.3. The average Bonchev–Trinajstić information content (AvgIpc) is 3.28. The number of rotatable bonds is 8. The van der Waals surface area contributed by atoms with Crippen LogP contribution in [0.2, 0.25) is 0 Å². The largest absolute Gasteiger partial charge is 0.454 e. The standard InChI is InChI=1S/C20H28N6O7.CH4S2/c1-9(2)15(24-18(29)12-5-6-13-14(7-12)33-8-32-13)19(30)23-10(3)16(27)22-11(4)17(28)25-26-20(21)31;1-3-2/h5-7,9-11,15H,8H2,1-4H3,(H,22,27)(H,23,30)(H,24,29)(H,25,28)(H3,21,26,31);2H,1H3/t10-,11-,15?;/m0./s1. The smallest absolute Gasteiger partial charge is 0.330 e. The molecule has 200 valence electrons. The number of amides is 6. The minimum Gasteiger partial charge on any atom is -0.454 e. The van der Waals surface area contributed by atoms with Crippen LogP contribution in [0.25, 0.3) is 0 Å². The highest BCUT2D eigenvalue weighted by molar-refractivity contribution is 8.68. The first-order valence-electron chi connectivity index (χ1n) is 10.7. The number of thiol groups is 1. The van der Waals surface area contributed by atoms with E-state index >= 15 is 0 Å². The predicted octanol–water partition coefficient (Wildman–Crippen LogP) is 0.0728. The topological polar surface area (TPSA) is 190 Å². The van der Waals surface area contributed by atoms with Crippen LogP contribution >= 0.6 is 22.5 Å². The zero-order valence-electron chi connectivity index (χ0n) is 20.5. The summed E-state index contributed by atoms with van der Waals surface area (Å²) in [6.45, 7) is 6.36. The molecule has 1 aliphatic rings. The van der Waals surface area contributed by atoms with Gasteiger partial charge in [0.25, 0.3) is 11.8 Å². The molecule has 1 aromatic rings. The molecular weight excluding hydrogens is 512 g/mol. The van der Waals surface area contributed by atoms with E-state index in [1.165, 1.54) is 30.7 Å². The van der Waals surface area contributed by atoms with E-state index in [1.54, 1.807) is 26.0 Å². The number of benzene rings is 1. The number of nitrogens with two attached hydrogens (primary N) is 1. The highest BCUT2D eigenvalue weighted by atomic mass is 33.1. The summed E-state index contributed by atoms with van der Waals surface area (Å²) in [6, 6.07) is 0.736. The molecule has 1 aromatic carbocycles. The molecule has 7 N–H and O–H groups in total. The Bertz CT molecular complexity index is 963. The van der Waals surface area contributed by atoms with Gasteiger partial charge >= 0.3 is 6.03 Å². The van der Waals surface area contributed by atoms with Gasteiger partial charge in [0.2, 0.25) is 18.6 Å². The maximum Gasteiger partial charge on any atom is 0.330 e. The van der Waals surface area contributed by atoms with Crippen LogP contribution < -0.4 is 42.0 Å². The number of ether oxygens (including phenoxy) is 2. The third-order valence-electron chi connectivity index (χ3n) is 4.68. The van der Waals surface area contributed by atoms with Crippen molar-refractivity contribution in [1.82, 2.24) is 26.8 Å². The van der Waals surface area contributed by atoms with Crippen LogP contribution in [0.1, 0.15) is 38.1 Å². The summed E-state index contributed by atoms with van der Waals surface area (Å²) in [5, 5.41) is 7.58. The van der Waals surface area contributed by atoms with Gasteiger partial charge in [0.05, 0.1) is 0 Å². The van der Waals surface area contributed by atoms with Gasteiger partial charge in [-0.1, -0.05) is 13.8 Å². The van der Waals surface area contributed by atoms with E-state index in [2.05, 4.69) is 27.6 Å². The van der Waals surface area contributed by atoms with Gasteiger partial charge in [0.15, 0.2) is 11.5 Å². The van der Waals surface area contributed by atoms with E-state index in [-0.39, 0.29) is 18.3 Å². The Morgan fingerprint density at radius 2 is 1.44 bits per heavy atom. The molecule has 1 heterocycles. The summed E-state index contributed by atoms with van der Waals surface area (Å²) in [6.07, 6.45) is 1.91. The summed E-state index contributed by atoms with van der Waals surface area (Å²) < 4.78 is 10.5. The van der Waals surface area contributed by atoms with Crippen LogP contribution in [-0.4, -0.2) is 60.8 Å². The van der Waals surface area contributed by atoms with Gasteiger partial charge in [-0.25, -0.2) is 10.2 Å². The van der Waals surface area contributed by atoms with E-state index in [9.17, 15) is 24.0 Å². The molecule has 15 heteroatoms. The molecule has 0 saturated heterocycles. The average molecular weight is 545 g/mol. The number of hydrogen-bond acceptors (Lipinski definition) is 9. The predicted molar refractivity (Wildman–Crippen MR) is 137 cm³/mol. The second-order valence-electron chi connectivity index (χ2n) is 7.88. The normalized spacial score (nSPS) is 13.8. The molecule has 0 aromatic heterocycles. The van der Waals surface area contributed by atoms with Crippen molar-refractivity contribution in [3.63, 3.8) is 0 Å². The van der Waals surface area contributed by atoms with Gasteiger partial charge in [-0.3, -0.25) is 24.6 Å². The van der Waals surface area contributed by atoms with Gasteiger partial charge in [0.1, 0.15) is 18.1 Å². The van der Waals surface area contributed by atoms with Crippen molar-refractivity contribution >= 4 is 52.1 Å². The number of primary amides is 1. The quantitative estimate of drug-likeness (QED) is 0.136. The van der Waals surface area contributed by atoms with Gasteiger partial charge in [0, 0.05) is 5.56 Å². The molecular formula is C21H32N6O7S2. The fraction of sp³-hybridized carbons (Fsp3) is 0.476. The minimum absolute atomic E-state index is 0.0688. The van der Waals surface area contributed by atoms with E-state index in [4.69, 9.17) is 15.2 Å². The lowest BCUT2D eigenvalue weighted by molar-refractivity contribution is -0.132. The van der Waals surface area contributed by atoms with Crippen LogP contribution in [0, 0.1) is 5.92 Å². The summed E-state index contributed by atoms with van der Waals surface area (Å²) in [7, 11) is 1.44. The highest BCUT2D eigenvalue weighted by Gasteiger charge is 2.29. The van der Waals surface area contributed by atoms with Gasteiger partial charge in [-0.15, -0.1) is 22.5 Å². The van der Waals surface area contributed by atoms with Crippen LogP contribution in [-0.2, 0) is 14.4 Å². The number of nitrogens with one attached hydrogen (secondary N) is 5. The van der Waals surface area contributed by atoms with Crippen molar-refractivity contribution in [2.75, 3.05) is 13.0 Å². The second-order valence-corrected chi connectivity index (χ2v) is 9.35. The Hall–Kier alpha value is -3.33. The van der Waals surface area contributed by atoms with E-state index in [0.717, 1.165) is 0 Å². The molecule has 13 nitrogen and oxygen atoms in total. The summed E-state index contributed by atoms with van der Waals surface area (Å²) >= 11 is 3.71. The lowest BCUT2D eigenvalue weighted by Crippen LogP contribution is -2.57. The molecule has 6 amide bonds. The molecule has 1 unspecified atom stereocenters. The minimum atomic E-state index is -1.02. The van der Waals surface area contributed by atoms with Crippen LogP contribution in [0.15, 0.2) is 18.2 Å². The van der Waals surface area contributed by atoms with Crippen molar-refractivity contribution in [2.24, 2.45) is 11.7 Å². The third kappa shape index (κ3) is 9.73. The van der Waals surface area contributed by atoms with E-state index in [0.29, 0.717) is 11.5 Å². The Balaban J connectivity index is 0.00000205. The van der Waals surface area contributed by atoms with Gasteiger partial charge in [-0.2, -0.15) is 0 Å². The fourth-order valence-electron chi connectivity index (χ4n) is 2.80. The van der Waals surface area contributed by atoms with Crippen LogP contribution in [0.5, 0.6) is 11.5 Å². The molecule has 0 saturated carbocycles. The molecule has 2 rings (SSSR count). The Labute approximate surface area is 218 Å². The Kier molecular flexibility index (Phi) is 12.7. The SMILES string of the molecule is CC(C)C(NC(=O)c1ccc2c(c1)OCO2)C(=O)N[C@@H](C)C(=O)N[C@@H](C)C(=O)NNC(N)=O.CSS. The molecule has 0 spiro atoms. The molecule has 36 heavy (non-hydrogen) atoms. The Morgan fingerprint density at radius 3 is 2.03 bits per heavy atom. The first kappa shape index (κ1) is 30.7. The number of urea groups is 1. The fourth-order valence-corrected chi connectivity index (χ4v) is 2.80. The van der Waals surface area contributed by atoms with Crippen molar-refractivity contribution in [2.45, 2.75) is 45.8 Å². The zero-order chi connectivity index (χ0) is 27.4. The van der Waals surface area contributed by atoms with Crippen LogP contribution in [0.3, 0.4) is 0 Å². The number of carbonyl (C=O) groups excluding carboxylic acids is 5. The maximum atomic E-state index is 12.8. The monoisotopic (exact) mass is 544 g/mol. The Morgan fingerprint density at radius 1 is 0.889 bits per heavy atom. The van der Waals surface area contributed by atoms with E-state index < -0.39 is 47.8 Å². The van der Waals surface area contributed by atoms with Gasteiger partial charge in [-0.05, 0) is 44.2 Å². The maximum absolute atomic E-state index is 12.8. The third-order valence-corrected chi connectivity index (χ3v) is 4.68. The second kappa shape index (κ2) is 14.9. The van der Waals surface area contributed by atoms with Crippen molar-refractivity contribution in [3.05, 3.63) is 23.8 Å². The molecule has 0 aliphatic carbocycles. The first-order valence-corrected chi connectivity index (χ1v) is 13.0. The molecule has 1 aliphatic heterocycles. The number of fused-ring (bicyclic) bond motifs is 1. The number of hydrogen-bond donors (Lipinski definition) is 7. The summed E-state index contributed by atoms with van der Waals surface area (Å²) in [4.78, 5) is 60.2. The summed E-state index contributed by atoms with van der Waals surface area (Å²) in [5.41, 5.74) is 9.06. The van der Waals surface area contributed by atoms with E-state index in [1.807, 2.05) is 17.1 Å². The molecule has 0 fully saturated rings. The molecule has 0 radical (unpaired) electrons. The summed E-state index contributed by atoms with van der Waals surface area (Å²) in [5.74, 6) is -1.75. The molecule has 0 bridgehead atoms. The van der Waals surface area contributed by atoms with Crippen molar-refractivity contribution in [3.8, 4) is 11.5 Å². The first-order chi connectivity index (χ1) is 16.9. The van der Waals surface area contributed by atoms with Crippen molar-refractivity contribution in [1.29, 1.82) is 0 Å². The van der Waals surface area contributed by atoms with Crippen LogP contribution in [0.4, 0.5) is 4.79 Å². The lowest BCUT2D eigenvalue weighted by Gasteiger charge is -2.24. The number of carbonyl (C=O) groups is 5. The lowest BCUT2D eigenvalue weighted by atomic mass is 10.0. The van der Waals surface area contributed by atoms with Gasteiger partial charge < -0.3 is 31.2 Å².